The third-order valence-corrected chi connectivity index (χ3v) is 5.69. The van der Waals surface area contributed by atoms with E-state index in [9.17, 15) is 22.8 Å². The molecular weight excluding hydrogens is 503 g/mol. The first-order valence-corrected chi connectivity index (χ1v) is 11.6. The minimum atomic E-state index is -5.04. The van der Waals surface area contributed by atoms with Crippen LogP contribution in [0.2, 0.25) is 0 Å². The number of anilines is 1. The van der Waals surface area contributed by atoms with Crippen LogP contribution in [0, 0.1) is 13.8 Å². The zero-order valence-corrected chi connectivity index (χ0v) is 20.8. The second-order valence-electron chi connectivity index (χ2n) is 8.31. The van der Waals surface area contributed by atoms with Crippen LogP contribution in [0.1, 0.15) is 23.8 Å². The van der Waals surface area contributed by atoms with Crippen molar-refractivity contribution in [2.45, 2.75) is 26.9 Å². The van der Waals surface area contributed by atoms with Crippen molar-refractivity contribution < 1.29 is 36.6 Å². The van der Waals surface area contributed by atoms with Gasteiger partial charge in [0, 0.05) is 11.8 Å². The van der Waals surface area contributed by atoms with Crippen LogP contribution in [0.4, 0.5) is 18.9 Å². The maximum absolute atomic E-state index is 13.9. The Kier molecular flexibility index (Phi) is 7.61. The first-order valence-electron chi connectivity index (χ1n) is 11.6. The van der Waals surface area contributed by atoms with Crippen molar-refractivity contribution in [3.63, 3.8) is 0 Å². The number of aryl methyl sites for hydroxylation is 1. The Morgan fingerprint density at radius 1 is 0.974 bits per heavy atom. The number of fused-ring (bicyclic) bond motifs is 1. The average Bonchev–Trinajstić information content (AvgIpc) is 2.87. The van der Waals surface area contributed by atoms with Crippen LogP contribution in [-0.4, -0.2) is 19.1 Å². The Balaban J connectivity index is 1.62. The number of halogens is 3. The smallest absolute Gasteiger partial charge is 0.453 e. The van der Waals surface area contributed by atoms with Gasteiger partial charge in [-0.25, -0.2) is 0 Å². The van der Waals surface area contributed by atoms with Gasteiger partial charge >= 0.3 is 6.18 Å². The Labute approximate surface area is 215 Å². The first-order chi connectivity index (χ1) is 18.1. The molecule has 0 fully saturated rings. The van der Waals surface area contributed by atoms with Crippen molar-refractivity contribution >= 4 is 22.6 Å². The number of carbonyl (C=O) groups excluding carboxylic acids is 1. The van der Waals surface area contributed by atoms with E-state index in [4.69, 9.17) is 18.6 Å². The maximum Gasteiger partial charge on any atom is 0.453 e. The van der Waals surface area contributed by atoms with Crippen LogP contribution in [0.15, 0.2) is 69.9 Å². The monoisotopic (exact) mass is 527 g/mol. The van der Waals surface area contributed by atoms with Crippen LogP contribution in [0.3, 0.4) is 0 Å². The second-order valence-corrected chi connectivity index (χ2v) is 8.31. The topological polar surface area (TPSA) is 87.0 Å². The summed E-state index contributed by atoms with van der Waals surface area (Å²) in [5, 5.41) is 2.57. The lowest BCUT2D eigenvalue weighted by molar-refractivity contribution is -0.154. The minimum Gasteiger partial charge on any atom is -0.490 e. The van der Waals surface area contributed by atoms with Gasteiger partial charge in [0.2, 0.25) is 11.2 Å². The quantitative estimate of drug-likeness (QED) is 0.277. The van der Waals surface area contributed by atoms with Crippen molar-refractivity contribution in [3.05, 3.63) is 87.8 Å². The Hall–Kier alpha value is -4.47. The fraction of sp³-hybridized carbons (Fsp3) is 0.214. The summed E-state index contributed by atoms with van der Waals surface area (Å²) in [7, 11) is 0. The largest absolute Gasteiger partial charge is 0.490 e. The lowest BCUT2D eigenvalue weighted by Gasteiger charge is -2.15. The Morgan fingerprint density at radius 3 is 2.42 bits per heavy atom. The van der Waals surface area contributed by atoms with E-state index in [1.807, 2.05) is 19.9 Å². The summed E-state index contributed by atoms with van der Waals surface area (Å²) < 4.78 is 63.1. The summed E-state index contributed by atoms with van der Waals surface area (Å²) in [5.41, 5.74) is 1.12. The summed E-state index contributed by atoms with van der Waals surface area (Å²) in [6.07, 6.45) is -5.04. The predicted octanol–water partition coefficient (Wildman–Crippen LogP) is 6.64. The standard InChI is InChI=1S/C28H24F3NO6/c1-4-35-21-10-5-6-11-22(21)37-26-25(34)19-13-12-18(14-23(19)38-27(26)28(29,30)31)36-15-24(33)32-20-9-7-8-16(2)17(20)3/h5-14H,4,15H2,1-3H3,(H,32,33). The van der Waals surface area contributed by atoms with E-state index in [0.717, 1.165) is 17.2 Å². The average molecular weight is 527 g/mol. The number of nitrogens with one attached hydrogen (secondary N) is 1. The van der Waals surface area contributed by atoms with E-state index in [-0.39, 0.29) is 34.8 Å². The van der Waals surface area contributed by atoms with Gasteiger partial charge in [-0.1, -0.05) is 24.3 Å². The number of rotatable bonds is 8. The fourth-order valence-corrected chi connectivity index (χ4v) is 3.67. The number of amides is 1. The van der Waals surface area contributed by atoms with Crippen molar-refractivity contribution in [2.24, 2.45) is 0 Å². The maximum atomic E-state index is 13.9. The third-order valence-electron chi connectivity index (χ3n) is 5.69. The predicted molar refractivity (Wildman–Crippen MR) is 135 cm³/mol. The minimum absolute atomic E-state index is 0.0419. The van der Waals surface area contributed by atoms with Gasteiger partial charge < -0.3 is 23.9 Å². The fourth-order valence-electron chi connectivity index (χ4n) is 3.67. The summed E-state index contributed by atoms with van der Waals surface area (Å²) in [6.45, 7) is 5.31. The number of benzene rings is 3. The summed E-state index contributed by atoms with van der Waals surface area (Å²) in [6, 6.07) is 15.2. The number of hydrogen-bond acceptors (Lipinski definition) is 6. The third kappa shape index (κ3) is 5.74. The van der Waals surface area contributed by atoms with Crippen molar-refractivity contribution in [3.8, 4) is 23.0 Å². The van der Waals surface area contributed by atoms with Gasteiger partial charge in [0.15, 0.2) is 18.1 Å². The molecule has 38 heavy (non-hydrogen) atoms. The number of ether oxygens (including phenoxy) is 3. The Morgan fingerprint density at radius 2 is 1.71 bits per heavy atom. The van der Waals surface area contributed by atoms with Gasteiger partial charge in [-0.2, -0.15) is 13.2 Å². The molecule has 0 saturated carbocycles. The van der Waals surface area contributed by atoms with E-state index in [2.05, 4.69) is 5.32 Å². The normalized spacial score (nSPS) is 11.3. The van der Waals surface area contributed by atoms with Crippen LogP contribution in [0.5, 0.6) is 23.0 Å². The number of alkyl halides is 3. The zero-order chi connectivity index (χ0) is 27.4. The lowest BCUT2D eigenvalue weighted by atomic mass is 10.1. The van der Waals surface area contributed by atoms with Crippen molar-refractivity contribution in [1.29, 1.82) is 0 Å². The van der Waals surface area contributed by atoms with Gasteiger partial charge in [0.05, 0.1) is 12.0 Å². The molecular formula is C28H24F3NO6. The van der Waals surface area contributed by atoms with Crippen LogP contribution >= 0.6 is 0 Å². The Bertz CT molecular complexity index is 1540. The molecule has 1 heterocycles. The van der Waals surface area contributed by atoms with Gasteiger partial charge in [-0.15, -0.1) is 0 Å². The van der Waals surface area contributed by atoms with Crippen molar-refractivity contribution in [2.75, 3.05) is 18.5 Å². The van der Waals surface area contributed by atoms with E-state index in [1.165, 1.54) is 30.3 Å². The molecule has 0 aliphatic heterocycles. The van der Waals surface area contributed by atoms with Crippen LogP contribution < -0.4 is 25.0 Å². The van der Waals surface area contributed by atoms with Gasteiger partial charge in [0.25, 0.3) is 11.7 Å². The van der Waals surface area contributed by atoms with E-state index in [1.54, 1.807) is 25.1 Å². The molecule has 198 valence electrons. The number of carbonyl (C=O) groups is 1. The molecule has 1 N–H and O–H groups in total. The molecule has 0 unspecified atom stereocenters. The highest BCUT2D eigenvalue weighted by molar-refractivity contribution is 5.92. The SMILES string of the molecule is CCOc1ccccc1Oc1c(C(F)(F)F)oc2cc(OCC(=O)Nc3cccc(C)c3C)ccc2c1=O. The van der Waals surface area contributed by atoms with Crippen LogP contribution in [-0.2, 0) is 11.0 Å². The molecule has 0 saturated heterocycles. The van der Waals surface area contributed by atoms with E-state index >= 15 is 0 Å². The highest BCUT2D eigenvalue weighted by Gasteiger charge is 2.40. The van der Waals surface area contributed by atoms with E-state index < -0.39 is 35.6 Å². The summed E-state index contributed by atoms with van der Waals surface area (Å²) >= 11 is 0. The first kappa shape index (κ1) is 26.6. The molecule has 0 aliphatic rings. The van der Waals surface area contributed by atoms with Gasteiger partial charge in [-0.3, -0.25) is 9.59 Å². The summed E-state index contributed by atoms with van der Waals surface area (Å²) in [4.78, 5) is 25.4. The highest BCUT2D eigenvalue weighted by atomic mass is 19.4. The molecule has 0 spiro atoms. The molecule has 0 atom stereocenters. The number of hydrogen-bond donors (Lipinski definition) is 1. The molecule has 0 radical (unpaired) electrons. The second kappa shape index (κ2) is 10.9. The van der Waals surface area contributed by atoms with Crippen molar-refractivity contribution in [1.82, 2.24) is 0 Å². The van der Waals surface area contributed by atoms with E-state index in [0.29, 0.717) is 5.69 Å². The van der Waals surface area contributed by atoms with Gasteiger partial charge in [0.1, 0.15) is 11.3 Å². The highest BCUT2D eigenvalue weighted by Crippen LogP contribution is 2.40. The molecule has 1 aromatic heterocycles. The molecule has 0 bridgehead atoms. The lowest BCUT2D eigenvalue weighted by Crippen LogP contribution is -2.21. The van der Waals surface area contributed by atoms with Gasteiger partial charge in [-0.05, 0) is 62.2 Å². The van der Waals surface area contributed by atoms with Crippen LogP contribution in [0.25, 0.3) is 11.0 Å². The molecule has 1 amide bonds. The number of para-hydroxylation sites is 2. The molecule has 0 aliphatic carbocycles. The zero-order valence-electron chi connectivity index (χ0n) is 20.8. The molecule has 4 aromatic rings. The summed E-state index contributed by atoms with van der Waals surface area (Å²) in [5.74, 6) is -2.94. The molecule has 7 nitrogen and oxygen atoms in total. The molecule has 3 aromatic carbocycles. The molecule has 10 heteroatoms. The molecule has 4 rings (SSSR count).